The molecule has 1 aromatic heterocycles. The lowest BCUT2D eigenvalue weighted by atomic mass is 9.71. The Morgan fingerprint density at radius 3 is 2.16 bits per heavy atom. The van der Waals surface area contributed by atoms with Crippen molar-refractivity contribution >= 4 is 105 Å². The minimum Gasteiger partial charge on any atom is -0.135 e. The Labute approximate surface area is 297 Å². The van der Waals surface area contributed by atoms with Gasteiger partial charge in [0.15, 0.2) is 0 Å². The number of hydrogen-bond donors (Lipinski definition) is 0. The van der Waals surface area contributed by atoms with Crippen LogP contribution in [0.5, 0.6) is 0 Å². The topological polar surface area (TPSA) is 0 Å². The van der Waals surface area contributed by atoms with Crippen LogP contribution in [0.1, 0.15) is 56.3 Å². The van der Waals surface area contributed by atoms with E-state index in [0.29, 0.717) is 5.92 Å². The highest BCUT2D eigenvalue weighted by atomic mass is 32.1. The van der Waals surface area contributed by atoms with Crippen molar-refractivity contribution in [3.05, 3.63) is 157 Å². The molecular weight excluding hydrogens is 633 g/mol. The van der Waals surface area contributed by atoms with E-state index < -0.39 is 0 Å². The summed E-state index contributed by atoms with van der Waals surface area (Å²) in [6.45, 7) is 4.53. The van der Waals surface area contributed by atoms with Gasteiger partial charge in [0.1, 0.15) is 0 Å². The molecule has 14 rings (SSSR count). The van der Waals surface area contributed by atoms with Crippen molar-refractivity contribution in [2.24, 2.45) is 0 Å². The van der Waals surface area contributed by atoms with Gasteiger partial charge in [-0.1, -0.05) is 115 Å². The lowest BCUT2D eigenvalue weighted by Gasteiger charge is -2.32. The molecule has 0 saturated heterocycles. The number of rotatable bonds is 0. The quantitative estimate of drug-likeness (QED) is 0.112. The molecule has 8 aromatic carbocycles. The molecule has 0 saturated carbocycles. The fourth-order valence-corrected chi connectivity index (χ4v) is 13.0. The third kappa shape index (κ3) is 2.76. The lowest BCUT2D eigenvalue weighted by Crippen LogP contribution is -2.18. The fourth-order valence-electron chi connectivity index (χ4n) is 11.5. The Bertz CT molecular complexity index is 3480. The standard InChI is InChI=1S/C50H28S/c1-23-21-24(2)40-39(22-23)51-50-38-20-16-32-28-10-6-11-33-43(28)47(36-18-19-37(49(40)50)48(38)45(32)36)34-12-5-9-27-31-14-13-29-25-7-3-4-8-26(25)30-15-17-35(44(31)41(29)30)46(33)42(27)34/h3-22,30,48H,1-2H3. The highest BCUT2D eigenvalue weighted by molar-refractivity contribution is 7.17. The number of thiophene rings is 1. The summed E-state index contributed by atoms with van der Waals surface area (Å²) in [4.78, 5) is 0. The molecular formula is C50H28S. The zero-order valence-corrected chi connectivity index (χ0v) is 28.9. The van der Waals surface area contributed by atoms with Crippen molar-refractivity contribution in [2.45, 2.75) is 25.7 Å². The van der Waals surface area contributed by atoms with Crippen molar-refractivity contribution in [1.29, 1.82) is 0 Å². The van der Waals surface area contributed by atoms with Crippen LogP contribution in [0, 0.1) is 13.8 Å². The number of aryl methyl sites for hydroxylation is 2. The minimum atomic E-state index is 0.281. The first-order chi connectivity index (χ1) is 25.2. The summed E-state index contributed by atoms with van der Waals surface area (Å²) in [5.41, 5.74) is 17.2. The molecule has 2 atom stereocenters. The van der Waals surface area contributed by atoms with Crippen LogP contribution >= 0.6 is 11.3 Å². The maximum Gasteiger partial charge on any atom is 0.0400 e. The van der Waals surface area contributed by atoms with Gasteiger partial charge in [-0.15, -0.1) is 11.3 Å². The van der Waals surface area contributed by atoms with E-state index in [4.69, 9.17) is 0 Å². The molecule has 5 aliphatic rings. The third-order valence-corrected chi connectivity index (χ3v) is 14.4. The van der Waals surface area contributed by atoms with Gasteiger partial charge < -0.3 is 0 Å². The van der Waals surface area contributed by atoms with Gasteiger partial charge in [-0.05, 0) is 141 Å². The molecule has 1 heterocycles. The lowest BCUT2D eigenvalue weighted by molar-refractivity contribution is 1.08. The highest BCUT2D eigenvalue weighted by Crippen LogP contribution is 2.58. The average Bonchev–Trinajstić information content (AvgIpc) is 3.80. The summed E-state index contributed by atoms with van der Waals surface area (Å²) >= 11 is 1.99. The van der Waals surface area contributed by atoms with Crippen LogP contribution in [0.15, 0.2) is 103 Å². The molecule has 5 aliphatic carbocycles. The number of hydrogen-bond acceptors (Lipinski definition) is 1. The first kappa shape index (κ1) is 26.1. The number of allylic oxidation sites excluding steroid dienone is 3. The molecule has 0 nitrogen and oxygen atoms in total. The van der Waals surface area contributed by atoms with Gasteiger partial charge in [-0.25, -0.2) is 0 Å². The Balaban J connectivity index is 1.18. The molecule has 0 fully saturated rings. The van der Waals surface area contributed by atoms with Gasteiger partial charge in [0.25, 0.3) is 0 Å². The molecule has 0 amide bonds. The minimum absolute atomic E-state index is 0.281. The summed E-state index contributed by atoms with van der Waals surface area (Å²) in [5, 5.41) is 17.0. The normalized spacial score (nSPS) is 18.5. The van der Waals surface area contributed by atoms with Crippen molar-refractivity contribution < 1.29 is 0 Å². The van der Waals surface area contributed by atoms with Gasteiger partial charge in [0.05, 0.1) is 0 Å². The van der Waals surface area contributed by atoms with E-state index in [-0.39, 0.29) is 5.92 Å². The molecule has 0 N–H and O–H groups in total. The summed E-state index contributed by atoms with van der Waals surface area (Å²) in [5.74, 6) is 0.595. The summed E-state index contributed by atoms with van der Waals surface area (Å²) in [6, 6.07) is 32.9. The van der Waals surface area contributed by atoms with E-state index in [2.05, 4.69) is 135 Å². The molecule has 1 heteroatoms. The Kier molecular flexibility index (Phi) is 4.30. The second kappa shape index (κ2) is 8.40. The molecule has 9 aromatic rings. The average molecular weight is 661 g/mol. The van der Waals surface area contributed by atoms with E-state index in [0.717, 1.165) is 0 Å². The third-order valence-electron chi connectivity index (χ3n) is 13.2. The number of benzene rings is 8. The van der Waals surface area contributed by atoms with Crippen LogP contribution in [-0.4, -0.2) is 0 Å². The van der Waals surface area contributed by atoms with Crippen LogP contribution in [0.2, 0.25) is 0 Å². The van der Waals surface area contributed by atoms with Gasteiger partial charge >= 0.3 is 0 Å². The zero-order valence-electron chi connectivity index (χ0n) is 28.1. The molecule has 0 aliphatic heterocycles. The SMILES string of the molecule is Cc1cc(C)c2c3c(sc2c1)=C1C=Cc2c4c(c5c6cccc7c8ccc9c%10c8c(c(c8cccc2c85)c76)C=CC%10c2ccccc2-9)C=CC=3C14. The zero-order chi connectivity index (χ0) is 33.0. The highest BCUT2D eigenvalue weighted by Gasteiger charge is 2.38. The van der Waals surface area contributed by atoms with E-state index >= 15 is 0 Å². The Morgan fingerprint density at radius 2 is 1.25 bits per heavy atom. The van der Waals surface area contributed by atoms with Gasteiger partial charge in [-0.3, -0.25) is 0 Å². The maximum atomic E-state index is 2.49. The largest absolute Gasteiger partial charge is 0.135 e. The molecule has 234 valence electrons. The van der Waals surface area contributed by atoms with Crippen LogP contribution in [0.25, 0.3) is 104 Å². The molecule has 0 bridgehead atoms. The summed E-state index contributed by atoms with van der Waals surface area (Å²) < 4.78 is 2.89. The van der Waals surface area contributed by atoms with E-state index in [1.165, 1.54) is 140 Å². The van der Waals surface area contributed by atoms with Crippen LogP contribution in [0.3, 0.4) is 0 Å². The van der Waals surface area contributed by atoms with E-state index in [1.54, 1.807) is 0 Å². The van der Waals surface area contributed by atoms with Crippen LogP contribution in [-0.2, 0) is 0 Å². The van der Waals surface area contributed by atoms with E-state index in [9.17, 15) is 0 Å². The second-order valence-electron chi connectivity index (χ2n) is 15.5. The van der Waals surface area contributed by atoms with E-state index in [1.807, 2.05) is 11.3 Å². The van der Waals surface area contributed by atoms with Gasteiger partial charge in [-0.2, -0.15) is 0 Å². The molecule has 0 spiro atoms. The summed E-state index contributed by atoms with van der Waals surface area (Å²) in [6.07, 6.45) is 14.8. The second-order valence-corrected chi connectivity index (χ2v) is 16.6. The van der Waals surface area contributed by atoms with Crippen molar-refractivity contribution in [3.8, 4) is 11.1 Å². The first-order valence-electron chi connectivity index (χ1n) is 18.3. The van der Waals surface area contributed by atoms with Gasteiger partial charge in [0.2, 0.25) is 0 Å². The van der Waals surface area contributed by atoms with Crippen LogP contribution in [0.4, 0.5) is 0 Å². The Morgan fingerprint density at radius 1 is 0.510 bits per heavy atom. The molecule has 0 radical (unpaired) electrons. The monoisotopic (exact) mass is 660 g/mol. The fraction of sp³-hybridized carbons (Fsp3) is 0.0800. The maximum absolute atomic E-state index is 2.49. The van der Waals surface area contributed by atoms with Gasteiger partial charge in [0, 0.05) is 31.7 Å². The van der Waals surface area contributed by atoms with Crippen molar-refractivity contribution in [1.82, 2.24) is 0 Å². The Hall–Kier alpha value is -5.76. The summed E-state index contributed by atoms with van der Waals surface area (Å²) in [7, 11) is 0. The van der Waals surface area contributed by atoms with Crippen LogP contribution < -0.4 is 9.75 Å². The van der Waals surface area contributed by atoms with Crippen molar-refractivity contribution in [3.63, 3.8) is 0 Å². The number of fused-ring (bicyclic) bond motifs is 12. The first-order valence-corrected chi connectivity index (χ1v) is 19.1. The molecule has 2 unspecified atom stereocenters. The predicted molar refractivity (Wildman–Crippen MR) is 220 cm³/mol. The molecule has 51 heavy (non-hydrogen) atoms. The van der Waals surface area contributed by atoms with Crippen molar-refractivity contribution in [2.75, 3.05) is 0 Å². The predicted octanol–water partition coefficient (Wildman–Crippen LogP) is 12.0. The smallest absolute Gasteiger partial charge is 0.0400 e.